The van der Waals surface area contributed by atoms with E-state index in [1.54, 1.807) is 0 Å². The zero-order valence-electron chi connectivity index (χ0n) is 17.1. The van der Waals surface area contributed by atoms with Crippen LogP contribution in [0.25, 0.3) is 16.8 Å². The summed E-state index contributed by atoms with van der Waals surface area (Å²) in [6, 6.07) is 8.23. The van der Waals surface area contributed by atoms with E-state index >= 15 is 0 Å². The lowest BCUT2D eigenvalue weighted by molar-refractivity contribution is 0.0517. The molecule has 0 N–H and O–H groups in total. The van der Waals surface area contributed by atoms with Gasteiger partial charge < -0.3 is 14.2 Å². The summed E-state index contributed by atoms with van der Waals surface area (Å²) in [4.78, 5) is 20.0. The Morgan fingerprint density at radius 2 is 1.72 bits per heavy atom. The van der Waals surface area contributed by atoms with Gasteiger partial charge in [0.1, 0.15) is 0 Å². The number of piperidine rings is 1. The highest BCUT2D eigenvalue weighted by Crippen LogP contribution is 2.25. The largest absolute Gasteiger partial charge is 0.461 e. The molecule has 0 unspecified atom stereocenters. The van der Waals surface area contributed by atoms with Gasteiger partial charge in [0.2, 0.25) is 5.78 Å². The number of imidazole rings is 2. The van der Waals surface area contributed by atoms with Gasteiger partial charge >= 0.3 is 5.97 Å². The molecule has 1 aromatic carbocycles. The SMILES string of the molecule is CCOC(=O)c1c(CC)nc2n(CCN3CCCCC3)c3ccccc3n12.Cl.Cl. The minimum absolute atomic E-state index is 0. The van der Waals surface area contributed by atoms with E-state index in [4.69, 9.17) is 9.72 Å². The Balaban J connectivity index is 0.00000150. The molecule has 1 aliphatic heterocycles. The number of hydrogen-bond acceptors (Lipinski definition) is 4. The average molecular weight is 441 g/mol. The summed E-state index contributed by atoms with van der Waals surface area (Å²) in [7, 11) is 0. The van der Waals surface area contributed by atoms with Crippen LogP contribution in [0.15, 0.2) is 24.3 Å². The highest BCUT2D eigenvalue weighted by molar-refractivity contribution is 5.94. The third-order valence-corrected chi connectivity index (χ3v) is 5.48. The summed E-state index contributed by atoms with van der Waals surface area (Å²) < 4.78 is 9.58. The lowest BCUT2D eigenvalue weighted by atomic mass is 10.1. The molecular weight excluding hydrogens is 411 g/mol. The lowest BCUT2D eigenvalue weighted by Gasteiger charge is -2.26. The van der Waals surface area contributed by atoms with Crippen LogP contribution in [0.3, 0.4) is 0 Å². The Bertz CT molecular complexity index is 961. The van der Waals surface area contributed by atoms with Crippen LogP contribution in [0.5, 0.6) is 0 Å². The van der Waals surface area contributed by atoms with Crippen molar-refractivity contribution in [1.29, 1.82) is 0 Å². The molecule has 0 atom stereocenters. The van der Waals surface area contributed by atoms with Crippen molar-refractivity contribution < 1.29 is 9.53 Å². The van der Waals surface area contributed by atoms with E-state index in [0.29, 0.717) is 18.7 Å². The molecule has 0 radical (unpaired) electrons. The lowest BCUT2D eigenvalue weighted by Crippen LogP contribution is -2.32. The highest BCUT2D eigenvalue weighted by Gasteiger charge is 2.25. The van der Waals surface area contributed by atoms with Crippen molar-refractivity contribution in [1.82, 2.24) is 18.9 Å². The van der Waals surface area contributed by atoms with Crippen LogP contribution in [0, 0.1) is 0 Å². The normalized spacial score (nSPS) is 14.6. The molecule has 0 amide bonds. The maximum absolute atomic E-state index is 12.7. The Kier molecular flexibility index (Phi) is 8.37. The van der Waals surface area contributed by atoms with Gasteiger partial charge in [-0.05, 0) is 51.4 Å². The first kappa shape index (κ1) is 23.5. The molecule has 0 saturated carbocycles. The molecule has 1 aliphatic rings. The van der Waals surface area contributed by atoms with E-state index in [-0.39, 0.29) is 30.8 Å². The van der Waals surface area contributed by atoms with Crippen LogP contribution in [-0.2, 0) is 17.7 Å². The number of fused-ring (bicyclic) bond motifs is 3. The standard InChI is InChI=1S/C21H28N4O2.2ClH/c1-3-16-19(20(26)27-4-2)25-18-11-7-6-10-17(18)24(21(25)22-16)15-14-23-12-8-5-9-13-23;;/h6-7,10-11H,3-5,8-9,12-15H2,1-2H3;2*1H. The van der Waals surface area contributed by atoms with E-state index < -0.39 is 0 Å². The molecule has 0 bridgehead atoms. The van der Waals surface area contributed by atoms with Crippen molar-refractivity contribution >= 4 is 47.6 Å². The first-order valence-electron chi connectivity index (χ1n) is 10.1. The molecule has 0 aliphatic carbocycles. The summed E-state index contributed by atoms with van der Waals surface area (Å²) in [6.45, 7) is 8.48. The zero-order chi connectivity index (χ0) is 18.8. The first-order chi connectivity index (χ1) is 13.2. The van der Waals surface area contributed by atoms with Crippen LogP contribution in [-0.4, -0.2) is 51.1 Å². The van der Waals surface area contributed by atoms with Crippen molar-refractivity contribution in [2.45, 2.75) is 46.1 Å². The number of likely N-dealkylation sites (tertiary alicyclic amines) is 1. The van der Waals surface area contributed by atoms with Crippen LogP contribution >= 0.6 is 24.8 Å². The summed E-state index contributed by atoms with van der Waals surface area (Å²) >= 11 is 0. The van der Waals surface area contributed by atoms with E-state index in [9.17, 15) is 4.79 Å². The van der Waals surface area contributed by atoms with Crippen LogP contribution < -0.4 is 0 Å². The van der Waals surface area contributed by atoms with Crippen molar-refractivity contribution in [3.8, 4) is 0 Å². The van der Waals surface area contributed by atoms with E-state index in [1.165, 1.54) is 32.4 Å². The summed E-state index contributed by atoms with van der Waals surface area (Å²) in [6.07, 6.45) is 4.63. The minimum atomic E-state index is -0.291. The van der Waals surface area contributed by atoms with Gasteiger partial charge in [-0.1, -0.05) is 25.5 Å². The molecule has 2 aromatic heterocycles. The van der Waals surface area contributed by atoms with Gasteiger partial charge in [0.25, 0.3) is 0 Å². The van der Waals surface area contributed by atoms with Crippen LogP contribution in [0.1, 0.15) is 49.3 Å². The second kappa shape index (κ2) is 10.3. The molecule has 1 fully saturated rings. The molecule has 3 heterocycles. The molecule has 0 spiro atoms. The Labute approximate surface area is 184 Å². The number of aromatic nitrogens is 3. The van der Waals surface area contributed by atoms with E-state index in [2.05, 4.69) is 21.6 Å². The number of benzene rings is 1. The zero-order valence-corrected chi connectivity index (χ0v) is 18.7. The van der Waals surface area contributed by atoms with Gasteiger partial charge in [-0.2, -0.15) is 0 Å². The molecule has 6 nitrogen and oxygen atoms in total. The van der Waals surface area contributed by atoms with E-state index in [0.717, 1.165) is 35.6 Å². The molecule has 4 rings (SSSR count). The Hall–Kier alpha value is -1.76. The fourth-order valence-electron chi connectivity index (χ4n) is 4.15. The Morgan fingerprint density at radius 3 is 2.38 bits per heavy atom. The van der Waals surface area contributed by atoms with Gasteiger partial charge in [0, 0.05) is 13.1 Å². The maximum atomic E-state index is 12.7. The summed E-state index contributed by atoms with van der Waals surface area (Å²) in [5, 5.41) is 0. The van der Waals surface area contributed by atoms with Crippen molar-refractivity contribution in [2.75, 3.05) is 26.2 Å². The number of para-hydroxylation sites is 2. The fraction of sp³-hybridized carbons (Fsp3) is 0.524. The third kappa shape index (κ3) is 4.39. The first-order valence-corrected chi connectivity index (χ1v) is 10.1. The molecule has 8 heteroatoms. The fourth-order valence-corrected chi connectivity index (χ4v) is 4.15. The molecule has 3 aromatic rings. The quantitative estimate of drug-likeness (QED) is 0.534. The van der Waals surface area contributed by atoms with Crippen molar-refractivity contribution in [3.63, 3.8) is 0 Å². The smallest absolute Gasteiger partial charge is 0.357 e. The predicted octanol–water partition coefficient (Wildman–Crippen LogP) is 4.36. The molecule has 160 valence electrons. The topological polar surface area (TPSA) is 51.8 Å². The minimum Gasteiger partial charge on any atom is -0.461 e. The number of rotatable bonds is 6. The number of carbonyl (C=O) groups excluding carboxylic acids is 1. The average Bonchev–Trinajstić information content (AvgIpc) is 3.22. The Morgan fingerprint density at radius 1 is 1.03 bits per heavy atom. The number of nitrogens with zero attached hydrogens (tertiary/aromatic N) is 4. The molecular formula is C21H30Cl2N4O2. The second-order valence-electron chi connectivity index (χ2n) is 7.16. The van der Waals surface area contributed by atoms with Gasteiger partial charge in [0.15, 0.2) is 5.69 Å². The number of esters is 1. The number of carbonyl (C=O) groups is 1. The maximum Gasteiger partial charge on any atom is 0.357 e. The van der Waals surface area contributed by atoms with Gasteiger partial charge in [-0.3, -0.25) is 4.40 Å². The molecule has 29 heavy (non-hydrogen) atoms. The second-order valence-corrected chi connectivity index (χ2v) is 7.16. The summed E-state index contributed by atoms with van der Waals surface area (Å²) in [5.74, 6) is 0.550. The van der Waals surface area contributed by atoms with Gasteiger partial charge in [0.05, 0.1) is 23.3 Å². The van der Waals surface area contributed by atoms with Crippen LogP contribution in [0.2, 0.25) is 0 Å². The number of halogens is 2. The van der Waals surface area contributed by atoms with Gasteiger partial charge in [-0.25, -0.2) is 9.78 Å². The molecule has 1 saturated heterocycles. The highest BCUT2D eigenvalue weighted by atomic mass is 35.5. The third-order valence-electron chi connectivity index (χ3n) is 5.48. The predicted molar refractivity (Wildman–Crippen MR) is 121 cm³/mol. The van der Waals surface area contributed by atoms with Crippen molar-refractivity contribution in [3.05, 3.63) is 35.7 Å². The number of hydrogen-bond donors (Lipinski definition) is 0. The monoisotopic (exact) mass is 440 g/mol. The van der Waals surface area contributed by atoms with Gasteiger partial charge in [-0.15, -0.1) is 24.8 Å². The number of ether oxygens (including phenoxy) is 1. The van der Waals surface area contributed by atoms with Crippen molar-refractivity contribution in [2.24, 2.45) is 0 Å². The number of aryl methyl sites for hydroxylation is 1. The van der Waals surface area contributed by atoms with Crippen LogP contribution in [0.4, 0.5) is 0 Å². The van der Waals surface area contributed by atoms with E-state index in [1.807, 2.05) is 30.4 Å². The summed E-state index contributed by atoms with van der Waals surface area (Å²) in [5.41, 5.74) is 3.51.